The number of benzene rings is 2. The molecule has 1 fully saturated rings. The zero-order valence-electron chi connectivity index (χ0n) is 16.8. The molecule has 1 unspecified atom stereocenters. The van der Waals surface area contributed by atoms with Gasteiger partial charge >= 0.3 is 0 Å². The fraction of sp³-hybridized carbons (Fsp3) is 0.318. The molecule has 0 aromatic heterocycles. The van der Waals surface area contributed by atoms with Crippen molar-refractivity contribution in [2.45, 2.75) is 38.8 Å². The van der Waals surface area contributed by atoms with Crippen LogP contribution >= 0.6 is 15.9 Å². The van der Waals surface area contributed by atoms with Gasteiger partial charge in [-0.25, -0.2) is 4.90 Å². The number of hydrogen-bond donors (Lipinski definition) is 0. The van der Waals surface area contributed by atoms with Gasteiger partial charge in [0, 0.05) is 15.6 Å². The Kier molecular flexibility index (Phi) is 5.80. The molecule has 0 spiro atoms. The third kappa shape index (κ3) is 4.19. The maximum Gasteiger partial charge on any atom is 0.257 e. The predicted octanol–water partition coefficient (Wildman–Crippen LogP) is 4.03. The highest BCUT2D eigenvalue weighted by atomic mass is 79.9. The van der Waals surface area contributed by atoms with Gasteiger partial charge in [-0.2, -0.15) is 0 Å². The van der Waals surface area contributed by atoms with Crippen LogP contribution in [0.4, 0.5) is 5.69 Å². The van der Waals surface area contributed by atoms with Gasteiger partial charge in [0.05, 0.1) is 19.2 Å². The summed E-state index contributed by atoms with van der Waals surface area (Å²) in [5.41, 5.74) is 0.271. The number of hydrogen-bond acceptors (Lipinski definition) is 4. The van der Waals surface area contributed by atoms with Gasteiger partial charge in [-0.05, 0) is 69.3 Å². The quantitative estimate of drug-likeness (QED) is 0.648. The number of halogens is 1. The lowest BCUT2D eigenvalue weighted by molar-refractivity contribution is -0.123. The van der Waals surface area contributed by atoms with Gasteiger partial charge < -0.3 is 9.64 Å². The molecule has 1 aliphatic heterocycles. The van der Waals surface area contributed by atoms with Crippen LogP contribution in [0.15, 0.2) is 53.0 Å². The third-order valence-electron chi connectivity index (χ3n) is 4.80. The number of carbonyl (C=O) groups excluding carboxylic acids is 3. The molecule has 0 saturated carbocycles. The van der Waals surface area contributed by atoms with Crippen LogP contribution in [0.25, 0.3) is 0 Å². The zero-order valence-corrected chi connectivity index (χ0v) is 18.4. The summed E-state index contributed by atoms with van der Waals surface area (Å²) in [7, 11) is 1.55. The van der Waals surface area contributed by atoms with Crippen LogP contribution in [0.1, 0.15) is 37.6 Å². The lowest BCUT2D eigenvalue weighted by Gasteiger charge is -2.39. The van der Waals surface area contributed by atoms with E-state index >= 15 is 0 Å². The van der Waals surface area contributed by atoms with E-state index in [1.807, 2.05) is 20.8 Å². The number of anilines is 1. The van der Waals surface area contributed by atoms with Crippen LogP contribution in [0, 0.1) is 0 Å². The molecule has 1 atom stereocenters. The third-order valence-corrected chi connectivity index (χ3v) is 5.33. The predicted molar refractivity (Wildman–Crippen MR) is 114 cm³/mol. The monoisotopic (exact) mass is 458 g/mol. The Labute approximate surface area is 178 Å². The van der Waals surface area contributed by atoms with Crippen LogP contribution < -0.4 is 9.64 Å². The van der Waals surface area contributed by atoms with Gasteiger partial charge in [-0.1, -0.05) is 15.9 Å². The second kappa shape index (κ2) is 7.99. The molecule has 3 rings (SSSR count). The molecular formula is C22H23BrN2O4. The van der Waals surface area contributed by atoms with E-state index in [2.05, 4.69) is 15.9 Å². The Morgan fingerprint density at radius 3 is 2.17 bits per heavy atom. The first kappa shape index (κ1) is 21.0. The molecule has 1 heterocycles. The minimum atomic E-state index is -0.860. The molecule has 1 aliphatic rings. The van der Waals surface area contributed by atoms with Gasteiger partial charge in [0.1, 0.15) is 11.8 Å². The van der Waals surface area contributed by atoms with Crippen molar-refractivity contribution in [2.75, 3.05) is 12.0 Å². The minimum absolute atomic E-state index is 0.0476. The lowest BCUT2D eigenvalue weighted by Crippen LogP contribution is -2.54. The Morgan fingerprint density at radius 2 is 1.66 bits per heavy atom. The Bertz CT molecular complexity index is 933. The van der Waals surface area contributed by atoms with Crippen LogP contribution in [0.2, 0.25) is 0 Å². The van der Waals surface area contributed by atoms with E-state index in [-0.39, 0.29) is 18.2 Å². The highest BCUT2D eigenvalue weighted by molar-refractivity contribution is 9.10. The van der Waals surface area contributed by atoms with Crippen LogP contribution in [-0.2, 0) is 9.59 Å². The Hall–Kier alpha value is -2.67. The molecule has 29 heavy (non-hydrogen) atoms. The maximum atomic E-state index is 13.3. The van der Waals surface area contributed by atoms with Crippen molar-refractivity contribution >= 4 is 39.3 Å². The molecule has 3 amide bonds. The van der Waals surface area contributed by atoms with Gasteiger partial charge in [0.2, 0.25) is 5.91 Å². The van der Waals surface area contributed by atoms with E-state index in [0.717, 1.165) is 9.37 Å². The van der Waals surface area contributed by atoms with E-state index in [1.54, 1.807) is 55.6 Å². The zero-order chi connectivity index (χ0) is 21.3. The second-order valence-corrected chi connectivity index (χ2v) is 8.75. The lowest BCUT2D eigenvalue weighted by atomic mass is 9.99. The fourth-order valence-corrected chi connectivity index (χ4v) is 3.73. The average Bonchev–Trinajstić information content (AvgIpc) is 2.95. The molecular weight excluding hydrogens is 436 g/mol. The second-order valence-electron chi connectivity index (χ2n) is 7.84. The number of methoxy groups -OCH3 is 1. The first-order chi connectivity index (χ1) is 13.6. The van der Waals surface area contributed by atoms with E-state index in [1.165, 1.54) is 4.90 Å². The molecule has 0 bridgehead atoms. The standard InChI is InChI=1S/C22H23BrN2O4/c1-22(2,3)25(20(27)14-5-11-17(29-4)12-6-14)18-13-19(26)24(21(18)28)16-9-7-15(23)8-10-16/h5-12,18H,13H2,1-4H3. The smallest absolute Gasteiger partial charge is 0.257 e. The van der Waals surface area contributed by atoms with Crippen molar-refractivity contribution in [1.29, 1.82) is 0 Å². The maximum absolute atomic E-state index is 13.3. The van der Waals surface area contributed by atoms with Crippen LogP contribution in [0.5, 0.6) is 5.75 Å². The van der Waals surface area contributed by atoms with Crippen molar-refractivity contribution in [1.82, 2.24) is 4.90 Å². The molecule has 7 heteroatoms. The Balaban J connectivity index is 1.95. The number of ether oxygens (including phenoxy) is 1. The fourth-order valence-electron chi connectivity index (χ4n) is 3.47. The summed E-state index contributed by atoms with van der Waals surface area (Å²) < 4.78 is 6.00. The SMILES string of the molecule is COc1ccc(C(=O)N(C2CC(=O)N(c3ccc(Br)cc3)C2=O)C(C)(C)C)cc1. The van der Waals surface area contributed by atoms with Crippen molar-refractivity contribution in [3.63, 3.8) is 0 Å². The highest BCUT2D eigenvalue weighted by Gasteiger charge is 2.47. The average molecular weight is 459 g/mol. The molecule has 0 aliphatic carbocycles. The largest absolute Gasteiger partial charge is 0.497 e. The number of carbonyl (C=O) groups is 3. The topological polar surface area (TPSA) is 66.9 Å². The van der Waals surface area contributed by atoms with E-state index in [9.17, 15) is 14.4 Å². The molecule has 2 aromatic rings. The molecule has 1 saturated heterocycles. The summed E-state index contributed by atoms with van der Waals surface area (Å²) in [6.07, 6.45) is -0.0476. The van der Waals surface area contributed by atoms with Crippen LogP contribution in [0.3, 0.4) is 0 Å². The van der Waals surface area contributed by atoms with Gasteiger partial charge in [-0.15, -0.1) is 0 Å². The summed E-state index contributed by atoms with van der Waals surface area (Å²) in [4.78, 5) is 41.9. The summed E-state index contributed by atoms with van der Waals surface area (Å²) >= 11 is 3.35. The van der Waals surface area contributed by atoms with Gasteiger partial charge in [0.15, 0.2) is 0 Å². The summed E-state index contributed by atoms with van der Waals surface area (Å²) in [6.45, 7) is 5.57. The van der Waals surface area contributed by atoms with Gasteiger partial charge in [0.25, 0.3) is 11.8 Å². The summed E-state index contributed by atoms with van der Waals surface area (Å²) in [5, 5.41) is 0. The number of amides is 3. The first-order valence-corrected chi connectivity index (χ1v) is 10.0. The molecule has 6 nitrogen and oxygen atoms in total. The van der Waals surface area contributed by atoms with E-state index < -0.39 is 17.5 Å². The van der Waals surface area contributed by atoms with Gasteiger partial charge in [-0.3, -0.25) is 14.4 Å². The molecule has 0 N–H and O–H groups in total. The van der Waals surface area contributed by atoms with Crippen molar-refractivity contribution in [2.24, 2.45) is 0 Å². The minimum Gasteiger partial charge on any atom is -0.497 e. The Morgan fingerprint density at radius 1 is 1.07 bits per heavy atom. The summed E-state index contributed by atoms with van der Waals surface area (Å²) in [5.74, 6) is -0.380. The molecule has 2 aromatic carbocycles. The van der Waals surface area contributed by atoms with E-state index in [0.29, 0.717) is 17.0 Å². The normalized spacial score (nSPS) is 16.9. The number of imide groups is 1. The summed E-state index contributed by atoms with van der Waals surface area (Å²) in [6, 6.07) is 12.8. The van der Waals surface area contributed by atoms with E-state index in [4.69, 9.17) is 4.74 Å². The van der Waals surface area contributed by atoms with Crippen molar-refractivity contribution in [3.05, 3.63) is 58.6 Å². The van der Waals surface area contributed by atoms with Crippen LogP contribution in [-0.4, -0.2) is 41.3 Å². The van der Waals surface area contributed by atoms with Crippen molar-refractivity contribution < 1.29 is 19.1 Å². The molecule has 152 valence electrons. The molecule has 0 radical (unpaired) electrons. The van der Waals surface area contributed by atoms with Crippen molar-refractivity contribution in [3.8, 4) is 5.75 Å². The first-order valence-electron chi connectivity index (χ1n) is 9.23. The number of nitrogens with zero attached hydrogens (tertiary/aromatic N) is 2. The highest BCUT2D eigenvalue weighted by Crippen LogP contribution is 2.31. The number of rotatable bonds is 4.